The second kappa shape index (κ2) is 4.58. The summed E-state index contributed by atoms with van der Waals surface area (Å²) in [6.45, 7) is 0. The van der Waals surface area contributed by atoms with Crippen LogP contribution in [-0.4, -0.2) is 11.1 Å². The van der Waals surface area contributed by atoms with Gasteiger partial charge in [-0.2, -0.15) is 5.26 Å². The number of carboxylic acids is 1. The molecular weight excluding hydrogens is 246 g/mol. The van der Waals surface area contributed by atoms with Crippen LogP contribution in [0.2, 0.25) is 0 Å². The number of nitrogens with zero attached hydrogens (tertiary/aromatic N) is 1. The molecule has 3 nitrogen and oxygen atoms in total. The molecule has 0 aliphatic rings. The van der Waals surface area contributed by atoms with Gasteiger partial charge in [-0.05, 0) is 17.7 Å². The Bertz CT molecular complexity index is 415. The fraction of sp³-hybridized carbons (Fsp3) is 0. The second-order valence-corrected chi connectivity index (χ2v) is 3.43. The van der Waals surface area contributed by atoms with Gasteiger partial charge in [0.15, 0.2) is 0 Å². The highest BCUT2D eigenvalue weighted by Crippen LogP contribution is 2.17. The van der Waals surface area contributed by atoms with E-state index in [0.29, 0.717) is 5.56 Å². The van der Waals surface area contributed by atoms with E-state index in [0.717, 1.165) is 10.5 Å². The molecule has 0 aliphatic heterocycles. The molecule has 1 aromatic rings. The average molecular weight is 252 g/mol. The van der Waals surface area contributed by atoms with Gasteiger partial charge in [0.1, 0.15) is 6.07 Å². The van der Waals surface area contributed by atoms with Crippen LogP contribution in [0.1, 0.15) is 5.56 Å². The van der Waals surface area contributed by atoms with E-state index in [1.807, 2.05) is 6.07 Å². The molecule has 4 heteroatoms. The van der Waals surface area contributed by atoms with Crippen LogP contribution < -0.4 is 0 Å². The summed E-state index contributed by atoms with van der Waals surface area (Å²) in [6.07, 6.45) is 0.892. The molecule has 0 unspecified atom stereocenters. The highest BCUT2D eigenvalue weighted by atomic mass is 79.9. The van der Waals surface area contributed by atoms with Crippen molar-refractivity contribution >= 4 is 27.5 Å². The van der Waals surface area contributed by atoms with Crippen molar-refractivity contribution in [2.45, 2.75) is 0 Å². The molecule has 1 rings (SSSR count). The largest absolute Gasteiger partial charge is 0.478 e. The molecule has 0 amide bonds. The van der Waals surface area contributed by atoms with Crippen molar-refractivity contribution in [1.82, 2.24) is 0 Å². The first-order valence-electron chi connectivity index (χ1n) is 3.74. The first-order valence-corrected chi connectivity index (χ1v) is 4.53. The molecule has 0 bridgehead atoms. The van der Waals surface area contributed by atoms with Crippen LogP contribution in [0.5, 0.6) is 0 Å². The lowest BCUT2D eigenvalue weighted by atomic mass is 10.1. The molecule has 1 aromatic carbocycles. The molecule has 70 valence electrons. The van der Waals surface area contributed by atoms with Crippen molar-refractivity contribution < 1.29 is 9.90 Å². The number of hydrogen-bond acceptors (Lipinski definition) is 2. The van der Waals surface area contributed by atoms with Crippen LogP contribution in [0.25, 0.3) is 5.57 Å². The summed E-state index contributed by atoms with van der Waals surface area (Å²) in [6, 6.07) is 8.70. The first kappa shape index (κ1) is 10.5. The number of carbonyl (C=O) groups is 1. The highest BCUT2D eigenvalue weighted by Gasteiger charge is 2.02. The lowest BCUT2D eigenvalue weighted by Crippen LogP contribution is -1.90. The minimum atomic E-state index is -1.12. The summed E-state index contributed by atoms with van der Waals surface area (Å²) in [7, 11) is 0. The zero-order chi connectivity index (χ0) is 10.6. The summed E-state index contributed by atoms with van der Waals surface area (Å²) in [5, 5.41) is 17.2. The maximum absolute atomic E-state index is 10.4. The predicted molar refractivity (Wildman–Crippen MR) is 55.4 cm³/mol. The molecule has 0 aromatic heterocycles. The number of nitriles is 1. The van der Waals surface area contributed by atoms with E-state index in [-0.39, 0.29) is 5.57 Å². The fourth-order valence-electron chi connectivity index (χ4n) is 0.933. The van der Waals surface area contributed by atoms with E-state index in [1.165, 1.54) is 0 Å². The Kier molecular flexibility index (Phi) is 3.43. The van der Waals surface area contributed by atoms with Gasteiger partial charge >= 0.3 is 5.97 Å². The normalized spacial score (nSPS) is 10.7. The topological polar surface area (TPSA) is 61.1 Å². The van der Waals surface area contributed by atoms with E-state index >= 15 is 0 Å². The maximum atomic E-state index is 10.4. The Hall–Kier alpha value is -1.60. The number of rotatable bonds is 2. The van der Waals surface area contributed by atoms with Gasteiger partial charge in [0.25, 0.3) is 0 Å². The Morgan fingerprint density at radius 3 is 2.43 bits per heavy atom. The minimum absolute atomic E-state index is 0.144. The van der Waals surface area contributed by atoms with Crippen molar-refractivity contribution in [2.24, 2.45) is 0 Å². The third-order valence-corrected chi connectivity index (χ3v) is 2.07. The summed E-state index contributed by atoms with van der Waals surface area (Å²) < 4.78 is 0.883. The molecule has 0 atom stereocenters. The number of halogens is 1. The fourth-order valence-corrected chi connectivity index (χ4v) is 1.20. The number of benzene rings is 1. The quantitative estimate of drug-likeness (QED) is 0.649. The van der Waals surface area contributed by atoms with Gasteiger partial charge in [0, 0.05) is 10.5 Å². The number of allylic oxidation sites excluding steroid dienone is 1. The van der Waals surface area contributed by atoms with Gasteiger partial charge in [0.2, 0.25) is 0 Å². The van der Waals surface area contributed by atoms with Crippen LogP contribution in [0.3, 0.4) is 0 Å². The van der Waals surface area contributed by atoms with Gasteiger partial charge in [-0.3, -0.25) is 0 Å². The molecule has 1 N–H and O–H groups in total. The Labute approximate surface area is 89.4 Å². The van der Waals surface area contributed by atoms with Crippen molar-refractivity contribution in [3.63, 3.8) is 0 Å². The van der Waals surface area contributed by atoms with Crippen molar-refractivity contribution in [3.05, 3.63) is 40.4 Å². The van der Waals surface area contributed by atoms with Crippen molar-refractivity contribution in [3.8, 4) is 6.07 Å². The summed E-state index contributed by atoms with van der Waals surface area (Å²) in [5.74, 6) is -1.12. The Balaban J connectivity index is 3.09. The zero-order valence-corrected chi connectivity index (χ0v) is 8.65. The Morgan fingerprint density at radius 1 is 1.43 bits per heavy atom. The van der Waals surface area contributed by atoms with E-state index in [1.54, 1.807) is 24.3 Å². The molecule has 0 heterocycles. The van der Waals surface area contributed by atoms with Gasteiger partial charge in [-0.15, -0.1) is 0 Å². The van der Waals surface area contributed by atoms with Crippen LogP contribution in [0.4, 0.5) is 0 Å². The zero-order valence-electron chi connectivity index (χ0n) is 7.07. The molecule has 0 fully saturated rings. The third-order valence-electron chi connectivity index (χ3n) is 1.54. The van der Waals surface area contributed by atoms with E-state index in [9.17, 15) is 4.79 Å². The summed E-state index contributed by atoms with van der Waals surface area (Å²) in [5.41, 5.74) is 0.739. The predicted octanol–water partition coefficient (Wildman–Crippen LogP) is 2.44. The van der Waals surface area contributed by atoms with E-state index in [4.69, 9.17) is 10.4 Å². The number of carboxylic acid groups (broad SMARTS) is 1. The van der Waals surface area contributed by atoms with Crippen molar-refractivity contribution in [1.29, 1.82) is 5.26 Å². The van der Waals surface area contributed by atoms with Crippen LogP contribution in [0.15, 0.2) is 34.8 Å². The summed E-state index contributed by atoms with van der Waals surface area (Å²) >= 11 is 3.25. The van der Waals surface area contributed by atoms with Crippen LogP contribution >= 0.6 is 15.9 Å². The Morgan fingerprint density at radius 2 is 2.00 bits per heavy atom. The molecule has 0 aliphatic carbocycles. The third kappa shape index (κ3) is 2.71. The van der Waals surface area contributed by atoms with Gasteiger partial charge in [-0.1, -0.05) is 28.1 Å². The number of aliphatic carboxylic acids is 1. The lowest BCUT2D eigenvalue weighted by Gasteiger charge is -1.97. The van der Waals surface area contributed by atoms with Gasteiger partial charge in [0.05, 0.1) is 5.57 Å². The molecular formula is C10H6BrNO2. The van der Waals surface area contributed by atoms with Gasteiger partial charge in [-0.25, -0.2) is 4.79 Å². The summed E-state index contributed by atoms with van der Waals surface area (Å²) in [4.78, 5) is 10.4. The highest BCUT2D eigenvalue weighted by molar-refractivity contribution is 9.10. The standard InChI is InChI=1S/C10H6BrNO2/c11-9-3-1-7(2-4-9)8(6-12)5-10(13)14/h1-5H,(H,13,14)/b8-5-. The smallest absolute Gasteiger partial charge is 0.329 e. The monoisotopic (exact) mass is 251 g/mol. The second-order valence-electron chi connectivity index (χ2n) is 2.51. The SMILES string of the molecule is N#C/C(=C/C(=O)O)c1ccc(Br)cc1. The average Bonchev–Trinajstić information content (AvgIpc) is 2.15. The van der Waals surface area contributed by atoms with E-state index in [2.05, 4.69) is 15.9 Å². The molecule has 0 saturated heterocycles. The lowest BCUT2D eigenvalue weighted by molar-refractivity contribution is -0.131. The molecule has 0 saturated carbocycles. The van der Waals surface area contributed by atoms with Crippen LogP contribution in [-0.2, 0) is 4.79 Å². The molecule has 0 spiro atoms. The van der Waals surface area contributed by atoms with E-state index < -0.39 is 5.97 Å². The van der Waals surface area contributed by atoms with Crippen molar-refractivity contribution in [2.75, 3.05) is 0 Å². The number of hydrogen-bond donors (Lipinski definition) is 1. The molecule has 0 radical (unpaired) electrons. The minimum Gasteiger partial charge on any atom is -0.478 e. The maximum Gasteiger partial charge on any atom is 0.329 e. The molecule has 14 heavy (non-hydrogen) atoms. The first-order chi connectivity index (χ1) is 6.63. The van der Waals surface area contributed by atoms with Gasteiger partial charge < -0.3 is 5.11 Å². The van der Waals surface area contributed by atoms with Crippen LogP contribution in [0, 0.1) is 11.3 Å².